The van der Waals surface area contributed by atoms with E-state index in [0.29, 0.717) is 10.9 Å². The van der Waals surface area contributed by atoms with Crippen LogP contribution in [0.25, 0.3) is 0 Å². The molecule has 0 spiro atoms. The summed E-state index contributed by atoms with van der Waals surface area (Å²) in [5.74, 6) is 0.362. The first-order chi connectivity index (χ1) is 8.56. The van der Waals surface area contributed by atoms with E-state index in [1.54, 1.807) is 6.07 Å². The average Bonchev–Trinajstić information content (AvgIpc) is 2.39. The van der Waals surface area contributed by atoms with Gasteiger partial charge >= 0.3 is 0 Å². The second-order valence-electron chi connectivity index (χ2n) is 5.00. The summed E-state index contributed by atoms with van der Waals surface area (Å²) in [5.41, 5.74) is 0.907. The lowest BCUT2D eigenvalue weighted by atomic mass is 9.77. The summed E-state index contributed by atoms with van der Waals surface area (Å²) in [6, 6.07) is 4.55. The van der Waals surface area contributed by atoms with E-state index in [9.17, 15) is 4.39 Å². The van der Waals surface area contributed by atoms with Gasteiger partial charge in [-0.3, -0.25) is 0 Å². The molecule has 102 valence electrons. The number of unbranched alkanes of at least 4 members (excludes halogenated alkanes) is 1. The highest BCUT2D eigenvalue weighted by Gasteiger charge is 2.27. The fourth-order valence-electron chi connectivity index (χ4n) is 2.23. The Balaban J connectivity index is 2.91. The van der Waals surface area contributed by atoms with Crippen LogP contribution in [0, 0.1) is 11.2 Å². The lowest BCUT2D eigenvalue weighted by Gasteiger charge is -2.31. The lowest BCUT2D eigenvalue weighted by Crippen LogP contribution is -2.25. The van der Waals surface area contributed by atoms with Crippen molar-refractivity contribution in [3.8, 4) is 0 Å². The molecule has 1 rings (SSSR count). The fourth-order valence-corrected chi connectivity index (χ4v) is 2.83. The molecule has 0 amide bonds. The highest BCUT2D eigenvalue weighted by atomic mass is 35.5. The van der Waals surface area contributed by atoms with Crippen molar-refractivity contribution in [1.82, 2.24) is 0 Å². The van der Waals surface area contributed by atoms with E-state index < -0.39 is 0 Å². The molecular weight excluding hydrogens is 270 g/mol. The van der Waals surface area contributed by atoms with Crippen molar-refractivity contribution in [2.24, 2.45) is 5.41 Å². The molecule has 18 heavy (non-hydrogen) atoms. The van der Waals surface area contributed by atoms with Gasteiger partial charge in [-0.15, -0.1) is 11.6 Å². The minimum Gasteiger partial charge on any atom is -0.207 e. The Morgan fingerprint density at radius 3 is 2.56 bits per heavy atom. The third kappa shape index (κ3) is 4.13. The monoisotopic (exact) mass is 290 g/mol. The van der Waals surface area contributed by atoms with Crippen LogP contribution in [0.4, 0.5) is 4.39 Å². The van der Waals surface area contributed by atoms with Gasteiger partial charge in [-0.25, -0.2) is 4.39 Å². The van der Waals surface area contributed by atoms with Crippen molar-refractivity contribution < 1.29 is 4.39 Å². The molecular formula is C15H21Cl2F. The first-order valence-electron chi connectivity index (χ1n) is 6.57. The van der Waals surface area contributed by atoms with Crippen LogP contribution in [-0.4, -0.2) is 5.88 Å². The molecule has 1 atom stereocenters. The van der Waals surface area contributed by atoms with Crippen LogP contribution in [0.3, 0.4) is 0 Å². The zero-order valence-corrected chi connectivity index (χ0v) is 12.6. The van der Waals surface area contributed by atoms with Crippen molar-refractivity contribution in [1.29, 1.82) is 0 Å². The Labute approximate surface area is 119 Å². The average molecular weight is 291 g/mol. The van der Waals surface area contributed by atoms with Crippen LogP contribution < -0.4 is 0 Å². The number of rotatable bonds is 7. The summed E-state index contributed by atoms with van der Waals surface area (Å²) >= 11 is 12.3. The first kappa shape index (κ1) is 15.8. The van der Waals surface area contributed by atoms with E-state index in [2.05, 4.69) is 13.8 Å². The predicted molar refractivity (Wildman–Crippen MR) is 78.1 cm³/mol. The molecule has 0 fully saturated rings. The summed E-state index contributed by atoms with van der Waals surface area (Å²) < 4.78 is 13.3. The molecule has 1 aromatic carbocycles. The van der Waals surface area contributed by atoms with Crippen molar-refractivity contribution in [3.63, 3.8) is 0 Å². The molecule has 0 nitrogen and oxygen atoms in total. The second kappa shape index (κ2) is 7.35. The van der Waals surface area contributed by atoms with E-state index in [4.69, 9.17) is 23.2 Å². The molecule has 0 aliphatic carbocycles. The molecule has 0 saturated heterocycles. The van der Waals surface area contributed by atoms with Crippen LogP contribution in [0.1, 0.15) is 45.1 Å². The smallest absolute Gasteiger partial charge is 0.123 e. The Kier molecular flexibility index (Phi) is 6.45. The normalized spacial score (nSPS) is 14.5. The van der Waals surface area contributed by atoms with Crippen molar-refractivity contribution >= 4 is 23.2 Å². The van der Waals surface area contributed by atoms with Crippen LogP contribution in [0.15, 0.2) is 18.2 Å². The molecule has 0 aliphatic heterocycles. The Bertz CT molecular complexity index is 373. The predicted octanol–water partition coefficient (Wildman–Crippen LogP) is 5.85. The molecule has 0 aliphatic rings. The maximum atomic E-state index is 13.3. The van der Waals surface area contributed by atoms with E-state index in [-0.39, 0.29) is 11.2 Å². The van der Waals surface area contributed by atoms with Gasteiger partial charge in [0.15, 0.2) is 0 Å². The Morgan fingerprint density at radius 1 is 1.28 bits per heavy atom. The Morgan fingerprint density at radius 2 is 2.00 bits per heavy atom. The Hall–Kier alpha value is -0.270. The van der Waals surface area contributed by atoms with Crippen LogP contribution in [-0.2, 0) is 6.42 Å². The summed E-state index contributed by atoms with van der Waals surface area (Å²) in [6.07, 6.45) is 5.10. The SMILES string of the molecule is CCCCC(CC)(CCl)Cc1cc(F)ccc1Cl. The molecule has 0 bridgehead atoms. The number of halogens is 3. The lowest BCUT2D eigenvalue weighted by molar-refractivity contribution is 0.279. The minimum absolute atomic E-state index is 0.0367. The van der Waals surface area contributed by atoms with Gasteiger partial charge in [-0.2, -0.15) is 0 Å². The summed E-state index contributed by atoms with van der Waals surface area (Å²) in [7, 11) is 0. The molecule has 0 radical (unpaired) electrons. The van der Waals surface area contributed by atoms with Gasteiger partial charge in [-0.05, 0) is 48.4 Å². The molecule has 0 saturated carbocycles. The first-order valence-corrected chi connectivity index (χ1v) is 7.48. The summed E-state index contributed by atoms with van der Waals surface area (Å²) in [6.45, 7) is 4.31. The fraction of sp³-hybridized carbons (Fsp3) is 0.600. The zero-order valence-electron chi connectivity index (χ0n) is 11.1. The molecule has 3 heteroatoms. The molecule has 0 aromatic heterocycles. The van der Waals surface area contributed by atoms with Gasteiger partial charge in [0, 0.05) is 10.9 Å². The van der Waals surface area contributed by atoms with Gasteiger partial charge in [0.2, 0.25) is 0 Å². The second-order valence-corrected chi connectivity index (χ2v) is 5.68. The highest BCUT2D eigenvalue weighted by molar-refractivity contribution is 6.31. The molecule has 1 aromatic rings. The number of alkyl halides is 1. The minimum atomic E-state index is -0.232. The maximum Gasteiger partial charge on any atom is 0.123 e. The van der Waals surface area contributed by atoms with Crippen LogP contribution >= 0.6 is 23.2 Å². The quantitative estimate of drug-likeness (QED) is 0.553. The molecule has 0 heterocycles. The van der Waals surface area contributed by atoms with Gasteiger partial charge in [0.05, 0.1) is 0 Å². The third-order valence-corrected chi connectivity index (χ3v) is 4.60. The van der Waals surface area contributed by atoms with Crippen molar-refractivity contribution in [2.45, 2.75) is 46.0 Å². The van der Waals surface area contributed by atoms with E-state index in [1.807, 2.05) is 0 Å². The van der Waals surface area contributed by atoms with Gasteiger partial charge < -0.3 is 0 Å². The third-order valence-electron chi connectivity index (χ3n) is 3.67. The largest absolute Gasteiger partial charge is 0.207 e. The van der Waals surface area contributed by atoms with Gasteiger partial charge in [0.25, 0.3) is 0 Å². The standard InChI is InChI=1S/C15H21Cl2F/c1-3-5-8-15(4-2,11-16)10-12-9-13(18)6-7-14(12)17/h6-7,9H,3-5,8,10-11H2,1-2H3. The summed E-state index contributed by atoms with van der Waals surface area (Å²) in [5, 5.41) is 0.635. The van der Waals surface area contributed by atoms with Crippen LogP contribution in [0.2, 0.25) is 5.02 Å². The number of hydrogen-bond donors (Lipinski definition) is 0. The van der Waals surface area contributed by atoms with Gasteiger partial charge in [0.1, 0.15) is 5.82 Å². The van der Waals surface area contributed by atoms with E-state index in [0.717, 1.165) is 37.7 Å². The van der Waals surface area contributed by atoms with Crippen molar-refractivity contribution in [2.75, 3.05) is 5.88 Å². The van der Waals surface area contributed by atoms with Crippen molar-refractivity contribution in [3.05, 3.63) is 34.6 Å². The van der Waals surface area contributed by atoms with Crippen LogP contribution in [0.5, 0.6) is 0 Å². The number of hydrogen-bond acceptors (Lipinski definition) is 0. The zero-order chi connectivity index (χ0) is 13.6. The maximum absolute atomic E-state index is 13.3. The van der Waals surface area contributed by atoms with E-state index in [1.165, 1.54) is 12.1 Å². The van der Waals surface area contributed by atoms with Gasteiger partial charge in [-0.1, -0.05) is 38.3 Å². The molecule has 0 N–H and O–H groups in total. The number of benzene rings is 1. The highest BCUT2D eigenvalue weighted by Crippen LogP contribution is 2.36. The topological polar surface area (TPSA) is 0 Å². The van der Waals surface area contributed by atoms with E-state index >= 15 is 0 Å². The summed E-state index contributed by atoms with van der Waals surface area (Å²) in [4.78, 5) is 0. The molecule has 1 unspecified atom stereocenters.